The number of hydrogen-bond acceptors (Lipinski definition) is 0. The Bertz CT molecular complexity index is 651. The summed E-state index contributed by atoms with van der Waals surface area (Å²) in [6.45, 7) is 34.1. The van der Waals surface area contributed by atoms with Crippen molar-refractivity contribution in [3.05, 3.63) is 35.4 Å². The van der Waals surface area contributed by atoms with Crippen molar-refractivity contribution in [2.75, 3.05) is 0 Å². The molecule has 45 heavy (non-hydrogen) atoms. The first-order chi connectivity index (χ1) is 20.1. The van der Waals surface area contributed by atoms with Crippen molar-refractivity contribution in [1.82, 2.24) is 0 Å². The third kappa shape index (κ3) is 39.3. The average molecular weight is 633 g/mol. The van der Waals surface area contributed by atoms with Crippen LogP contribution in [-0.2, 0) is 6.42 Å². The zero-order valence-electron chi connectivity index (χ0n) is 32.7. The van der Waals surface area contributed by atoms with Crippen LogP contribution in [0.4, 0.5) is 0 Å². The third-order valence-electron chi connectivity index (χ3n) is 8.45. The molecule has 2 aliphatic carbocycles. The summed E-state index contributed by atoms with van der Waals surface area (Å²) in [5.74, 6) is 8.45. The normalized spacial score (nSPS) is 14.2. The van der Waals surface area contributed by atoms with E-state index in [4.69, 9.17) is 0 Å². The maximum Gasteiger partial charge on any atom is -0.0256 e. The van der Waals surface area contributed by atoms with Gasteiger partial charge in [-0.3, -0.25) is 0 Å². The smallest absolute Gasteiger partial charge is 0.0256 e. The van der Waals surface area contributed by atoms with Gasteiger partial charge in [-0.2, -0.15) is 0 Å². The van der Waals surface area contributed by atoms with E-state index in [2.05, 4.69) is 128 Å². The van der Waals surface area contributed by atoms with Crippen LogP contribution in [-0.4, -0.2) is 0 Å². The van der Waals surface area contributed by atoms with Crippen molar-refractivity contribution in [3.8, 4) is 0 Å². The Morgan fingerprint density at radius 1 is 0.511 bits per heavy atom. The molecule has 272 valence electrons. The van der Waals surface area contributed by atoms with Gasteiger partial charge in [-0.05, 0) is 97.9 Å². The van der Waals surface area contributed by atoms with Crippen LogP contribution in [0, 0.1) is 60.2 Å². The standard InChI is InChI=1S/C11H16.C9H18.C9H20.C7H14.C7H16.2CH4/c1-9(2)8-11-6-4-10(3)5-7-11;1-8(2)7-9-5-3-4-6-9;1-5-9(6-2)7-8(3)4;1-6(2)5-7-3-4-7;1-6(2)5-7(3)4;;/h4-7,9H,8H2,1-3H3;8-9H,3-7H2,1-2H3;8-9H,5-7H2,1-4H3;6-7H,3-5H2,1-2H3;6-7H,5H2,1-4H3;2*1H4. The average Bonchev–Trinajstić information content (AvgIpc) is 3.54. The van der Waals surface area contributed by atoms with Crippen LogP contribution in [0.1, 0.15) is 200 Å². The van der Waals surface area contributed by atoms with Crippen molar-refractivity contribution in [1.29, 1.82) is 0 Å². The second kappa shape index (κ2) is 31.8. The topological polar surface area (TPSA) is 0 Å². The molecule has 0 heteroatoms. The summed E-state index contributed by atoms with van der Waals surface area (Å²) in [4.78, 5) is 0. The lowest BCUT2D eigenvalue weighted by atomic mass is 9.93. The van der Waals surface area contributed by atoms with E-state index in [1.807, 2.05) is 0 Å². The monoisotopic (exact) mass is 633 g/mol. The molecule has 0 heterocycles. The summed E-state index contributed by atoms with van der Waals surface area (Å²) in [7, 11) is 0. The van der Waals surface area contributed by atoms with Crippen molar-refractivity contribution >= 4 is 0 Å². The molecule has 0 radical (unpaired) electrons. The molecule has 0 aliphatic heterocycles. The lowest BCUT2D eigenvalue weighted by Crippen LogP contribution is -2.00. The Balaban J connectivity index is -0.000000233. The van der Waals surface area contributed by atoms with Crippen LogP contribution < -0.4 is 0 Å². The predicted molar refractivity (Wildman–Crippen MR) is 215 cm³/mol. The first-order valence-electron chi connectivity index (χ1n) is 19.1. The largest absolute Gasteiger partial charge is 0.0776 e. The van der Waals surface area contributed by atoms with E-state index >= 15 is 0 Å². The molecule has 0 bridgehead atoms. The number of benzene rings is 1. The lowest BCUT2D eigenvalue weighted by Gasteiger charge is -2.13. The molecule has 3 rings (SSSR count). The molecular weight excluding hydrogens is 540 g/mol. The van der Waals surface area contributed by atoms with Gasteiger partial charge in [0.25, 0.3) is 0 Å². The molecule has 1 aromatic carbocycles. The Labute approximate surface area is 290 Å². The summed E-state index contributed by atoms with van der Waals surface area (Å²) in [5, 5.41) is 0. The van der Waals surface area contributed by atoms with Crippen molar-refractivity contribution < 1.29 is 0 Å². The Hall–Kier alpha value is -0.780. The summed E-state index contributed by atoms with van der Waals surface area (Å²) in [6.07, 6.45) is 18.7. The predicted octanol–water partition coefficient (Wildman–Crippen LogP) is 16.3. The maximum absolute atomic E-state index is 2.33. The third-order valence-corrected chi connectivity index (χ3v) is 8.45. The molecule has 0 saturated heterocycles. The van der Waals surface area contributed by atoms with Crippen LogP contribution in [0.5, 0.6) is 0 Å². The molecule has 2 saturated carbocycles. The van der Waals surface area contributed by atoms with Crippen LogP contribution in [0.2, 0.25) is 0 Å². The van der Waals surface area contributed by atoms with Crippen LogP contribution >= 0.6 is 0 Å². The maximum atomic E-state index is 2.33. The molecule has 1 aromatic rings. The second-order valence-corrected chi connectivity index (χ2v) is 16.8. The number of aryl methyl sites for hydroxylation is 1. The Kier molecular flexibility index (Phi) is 36.1. The minimum absolute atomic E-state index is 0. The summed E-state index contributed by atoms with van der Waals surface area (Å²) in [5.41, 5.74) is 2.79. The molecular formula is C45H92. The highest BCUT2D eigenvalue weighted by molar-refractivity contribution is 5.21. The Morgan fingerprint density at radius 2 is 0.889 bits per heavy atom. The first kappa shape index (κ1) is 51.1. The van der Waals surface area contributed by atoms with E-state index in [-0.39, 0.29) is 14.9 Å². The van der Waals surface area contributed by atoms with Gasteiger partial charge in [-0.15, -0.1) is 0 Å². The summed E-state index contributed by atoms with van der Waals surface area (Å²) in [6, 6.07) is 8.79. The van der Waals surface area contributed by atoms with Gasteiger partial charge in [0.15, 0.2) is 0 Å². The van der Waals surface area contributed by atoms with E-state index in [1.165, 1.54) is 94.6 Å². The van der Waals surface area contributed by atoms with E-state index in [0.717, 1.165) is 53.3 Å². The fraction of sp³-hybridized carbons (Fsp3) is 0.867. The van der Waals surface area contributed by atoms with Gasteiger partial charge in [-0.1, -0.05) is 193 Å². The quantitative estimate of drug-likeness (QED) is 0.215. The van der Waals surface area contributed by atoms with E-state index in [0.29, 0.717) is 0 Å². The van der Waals surface area contributed by atoms with E-state index in [9.17, 15) is 0 Å². The van der Waals surface area contributed by atoms with E-state index < -0.39 is 0 Å². The molecule has 2 aliphatic rings. The summed E-state index contributed by atoms with van der Waals surface area (Å²) < 4.78 is 0. The van der Waals surface area contributed by atoms with Crippen LogP contribution in [0.3, 0.4) is 0 Å². The van der Waals surface area contributed by atoms with Crippen LogP contribution in [0.25, 0.3) is 0 Å². The Morgan fingerprint density at radius 3 is 1.13 bits per heavy atom. The molecule has 2 fully saturated rings. The first-order valence-corrected chi connectivity index (χ1v) is 19.1. The fourth-order valence-corrected chi connectivity index (χ4v) is 6.36. The zero-order chi connectivity index (χ0) is 33.4. The lowest BCUT2D eigenvalue weighted by molar-refractivity contribution is 0.388. The molecule has 0 nitrogen and oxygen atoms in total. The number of rotatable bonds is 12. The highest BCUT2D eigenvalue weighted by Crippen LogP contribution is 2.34. The molecule has 0 aromatic heterocycles. The highest BCUT2D eigenvalue weighted by Gasteiger charge is 2.21. The fourth-order valence-electron chi connectivity index (χ4n) is 6.36. The number of hydrogen-bond donors (Lipinski definition) is 0. The molecule has 0 atom stereocenters. The van der Waals surface area contributed by atoms with Gasteiger partial charge in [0, 0.05) is 0 Å². The molecule has 0 unspecified atom stereocenters. The van der Waals surface area contributed by atoms with Crippen molar-refractivity contribution in [3.63, 3.8) is 0 Å². The van der Waals surface area contributed by atoms with Gasteiger partial charge in [0.2, 0.25) is 0 Å². The van der Waals surface area contributed by atoms with Gasteiger partial charge in [0.05, 0.1) is 0 Å². The van der Waals surface area contributed by atoms with Crippen LogP contribution in [0.15, 0.2) is 24.3 Å². The molecule has 0 spiro atoms. The summed E-state index contributed by atoms with van der Waals surface area (Å²) >= 11 is 0. The molecule has 0 N–H and O–H groups in total. The minimum Gasteiger partial charge on any atom is -0.0776 e. The highest BCUT2D eigenvalue weighted by atomic mass is 14.3. The van der Waals surface area contributed by atoms with Gasteiger partial charge in [0.1, 0.15) is 0 Å². The minimum atomic E-state index is 0. The SMILES string of the molecule is C.C.CC(C)CC(C)C.CC(C)CC1CC1.CC(C)CC1CCCC1.CCC(CC)CC(C)C.Cc1ccc(CC(C)C)cc1. The van der Waals surface area contributed by atoms with E-state index in [1.54, 1.807) is 0 Å². The second-order valence-electron chi connectivity index (χ2n) is 16.8. The van der Waals surface area contributed by atoms with Crippen molar-refractivity contribution in [2.24, 2.45) is 53.3 Å². The molecule has 0 amide bonds. The van der Waals surface area contributed by atoms with Gasteiger partial charge >= 0.3 is 0 Å². The van der Waals surface area contributed by atoms with Crippen molar-refractivity contribution in [2.45, 2.75) is 202 Å². The van der Waals surface area contributed by atoms with Gasteiger partial charge in [-0.25, -0.2) is 0 Å². The zero-order valence-corrected chi connectivity index (χ0v) is 32.7. The van der Waals surface area contributed by atoms with Gasteiger partial charge < -0.3 is 0 Å².